The molecule has 18 heavy (non-hydrogen) atoms. The molecule has 2 aliphatic rings. The molecule has 3 rings (SSSR count). The van der Waals surface area contributed by atoms with Gasteiger partial charge in [0.25, 0.3) is 0 Å². The molecule has 0 heterocycles. The van der Waals surface area contributed by atoms with Gasteiger partial charge >= 0.3 is 0 Å². The van der Waals surface area contributed by atoms with E-state index in [0.29, 0.717) is 5.41 Å². The van der Waals surface area contributed by atoms with Crippen LogP contribution in [0.15, 0.2) is 30.3 Å². The van der Waals surface area contributed by atoms with Gasteiger partial charge < -0.3 is 5.32 Å². The summed E-state index contributed by atoms with van der Waals surface area (Å²) in [6.07, 6.45) is 11.2. The summed E-state index contributed by atoms with van der Waals surface area (Å²) in [5.41, 5.74) is 2.07. The summed E-state index contributed by atoms with van der Waals surface area (Å²) < 4.78 is 0. The molecule has 1 heteroatoms. The molecular formula is C17H25N. The highest BCUT2D eigenvalue weighted by atomic mass is 15.0. The summed E-state index contributed by atoms with van der Waals surface area (Å²) in [5, 5.41) is 3.79. The van der Waals surface area contributed by atoms with Crippen LogP contribution in [0.5, 0.6) is 0 Å². The lowest BCUT2D eigenvalue weighted by atomic mass is 9.70. The zero-order valence-electron chi connectivity index (χ0n) is 11.3. The molecule has 0 radical (unpaired) electrons. The highest BCUT2D eigenvalue weighted by Gasteiger charge is 2.34. The molecule has 1 N–H and O–H groups in total. The number of benzene rings is 1. The predicted octanol–water partition coefficient (Wildman–Crippen LogP) is 3.93. The normalized spacial score (nSPS) is 22.9. The van der Waals surface area contributed by atoms with Crippen LogP contribution in [0.25, 0.3) is 0 Å². The van der Waals surface area contributed by atoms with Gasteiger partial charge in [0.05, 0.1) is 0 Å². The van der Waals surface area contributed by atoms with Crippen LogP contribution in [0, 0.1) is 5.41 Å². The Morgan fingerprint density at radius 2 is 1.72 bits per heavy atom. The molecular weight excluding hydrogens is 218 g/mol. The zero-order valence-corrected chi connectivity index (χ0v) is 11.3. The molecule has 0 spiro atoms. The van der Waals surface area contributed by atoms with E-state index in [1.807, 2.05) is 0 Å². The predicted molar refractivity (Wildman–Crippen MR) is 76.7 cm³/mol. The van der Waals surface area contributed by atoms with Gasteiger partial charge in [0.1, 0.15) is 0 Å². The van der Waals surface area contributed by atoms with E-state index >= 15 is 0 Å². The maximum Gasteiger partial charge on any atom is 0.00684 e. The Kier molecular flexibility index (Phi) is 3.69. The van der Waals surface area contributed by atoms with Crippen molar-refractivity contribution in [2.45, 2.75) is 57.4 Å². The third-order valence-corrected chi connectivity index (χ3v) is 4.68. The standard InChI is InChI=1S/C17H25N/c1-3-7-15(8-4-1)13-17(11-5-2-6-12-17)14-18-16-9-10-16/h1,3-4,7-8,16,18H,2,5-6,9-14H2. The van der Waals surface area contributed by atoms with Crippen molar-refractivity contribution in [3.63, 3.8) is 0 Å². The number of rotatable bonds is 5. The Bertz CT molecular complexity index is 360. The highest BCUT2D eigenvalue weighted by molar-refractivity contribution is 5.17. The van der Waals surface area contributed by atoms with Crippen molar-refractivity contribution in [1.82, 2.24) is 5.32 Å². The highest BCUT2D eigenvalue weighted by Crippen LogP contribution is 2.39. The maximum absolute atomic E-state index is 3.79. The average molecular weight is 243 g/mol. The second kappa shape index (κ2) is 5.44. The van der Waals surface area contributed by atoms with Crippen molar-refractivity contribution < 1.29 is 0 Å². The average Bonchev–Trinajstić information content (AvgIpc) is 3.23. The van der Waals surface area contributed by atoms with Crippen LogP contribution >= 0.6 is 0 Å². The van der Waals surface area contributed by atoms with Crippen LogP contribution in [-0.4, -0.2) is 12.6 Å². The van der Waals surface area contributed by atoms with E-state index in [-0.39, 0.29) is 0 Å². The number of hydrogen-bond donors (Lipinski definition) is 1. The molecule has 2 saturated carbocycles. The molecule has 0 unspecified atom stereocenters. The van der Waals surface area contributed by atoms with Gasteiger partial charge in [0.2, 0.25) is 0 Å². The first-order valence-corrected chi connectivity index (χ1v) is 7.64. The SMILES string of the molecule is c1ccc(CC2(CNC3CC3)CCCCC2)cc1. The van der Waals surface area contributed by atoms with Crippen molar-refractivity contribution in [2.75, 3.05) is 6.54 Å². The first-order valence-electron chi connectivity index (χ1n) is 7.64. The van der Waals surface area contributed by atoms with Gasteiger partial charge in [0, 0.05) is 12.6 Å². The Morgan fingerprint density at radius 1 is 1.00 bits per heavy atom. The van der Waals surface area contributed by atoms with Crippen LogP contribution in [0.4, 0.5) is 0 Å². The van der Waals surface area contributed by atoms with E-state index in [2.05, 4.69) is 35.6 Å². The summed E-state index contributed by atoms with van der Waals surface area (Å²) in [5.74, 6) is 0. The fraction of sp³-hybridized carbons (Fsp3) is 0.647. The molecule has 1 aromatic rings. The maximum atomic E-state index is 3.79. The second-order valence-corrected chi connectivity index (χ2v) is 6.38. The molecule has 98 valence electrons. The molecule has 0 amide bonds. The minimum absolute atomic E-state index is 0.544. The van der Waals surface area contributed by atoms with Gasteiger partial charge in [-0.1, -0.05) is 49.6 Å². The minimum atomic E-state index is 0.544. The van der Waals surface area contributed by atoms with Gasteiger partial charge in [-0.2, -0.15) is 0 Å². The molecule has 2 aliphatic carbocycles. The molecule has 2 fully saturated rings. The molecule has 0 atom stereocenters. The first-order chi connectivity index (χ1) is 8.86. The Morgan fingerprint density at radius 3 is 2.39 bits per heavy atom. The smallest absolute Gasteiger partial charge is 0.00684 e. The van der Waals surface area contributed by atoms with Gasteiger partial charge in [-0.3, -0.25) is 0 Å². The Labute approximate surface area is 111 Å². The molecule has 0 aromatic heterocycles. The number of nitrogens with one attached hydrogen (secondary N) is 1. The van der Waals surface area contributed by atoms with Crippen LogP contribution < -0.4 is 5.32 Å². The van der Waals surface area contributed by atoms with Crippen molar-refractivity contribution in [3.05, 3.63) is 35.9 Å². The lowest BCUT2D eigenvalue weighted by Crippen LogP contribution is -2.38. The topological polar surface area (TPSA) is 12.0 Å². The second-order valence-electron chi connectivity index (χ2n) is 6.38. The molecule has 0 bridgehead atoms. The molecule has 1 aromatic carbocycles. The monoisotopic (exact) mass is 243 g/mol. The minimum Gasteiger partial charge on any atom is -0.313 e. The van der Waals surface area contributed by atoms with Crippen LogP contribution in [0.2, 0.25) is 0 Å². The third kappa shape index (κ3) is 3.14. The van der Waals surface area contributed by atoms with Gasteiger partial charge in [-0.15, -0.1) is 0 Å². The first kappa shape index (κ1) is 12.2. The van der Waals surface area contributed by atoms with E-state index in [1.165, 1.54) is 63.5 Å². The summed E-state index contributed by atoms with van der Waals surface area (Å²) >= 11 is 0. The van der Waals surface area contributed by atoms with Crippen molar-refractivity contribution in [3.8, 4) is 0 Å². The van der Waals surface area contributed by atoms with Gasteiger partial charge in [0.15, 0.2) is 0 Å². The van der Waals surface area contributed by atoms with Gasteiger partial charge in [-0.05, 0) is 43.1 Å². The van der Waals surface area contributed by atoms with Crippen LogP contribution in [0.1, 0.15) is 50.5 Å². The number of hydrogen-bond acceptors (Lipinski definition) is 1. The van der Waals surface area contributed by atoms with Crippen LogP contribution in [0.3, 0.4) is 0 Å². The van der Waals surface area contributed by atoms with Crippen molar-refractivity contribution in [2.24, 2.45) is 5.41 Å². The largest absolute Gasteiger partial charge is 0.313 e. The summed E-state index contributed by atoms with van der Waals surface area (Å²) in [7, 11) is 0. The van der Waals surface area contributed by atoms with Crippen molar-refractivity contribution in [1.29, 1.82) is 0 Å². The van der Waals surface area contributed by atoms with E-state index in [9.17, 15) is 0 Å². The van der Waals surface area contributed by atoms with E-state index in [1.54, 1.807) is 0 Å². The quantitative estimate of drug-likeness (QED) is 0.826. The van der Waals surface area contributed by atoms with E-state index in [0.717, 1.165) is 6.04 Å². The molecule has 0 aliphatic heterocycles. The third-order valence-electron chi connectivity index (χ3n) is 4.68. The Balaban J connectivity index is 1.67. The van der Waals surface area contributed by atoms with Gasteiger partial charge in [-0.25, -0.2) is 0 Å². The van der Waals surface area contributed by atoms with Crippen LogP contribution in [-0.2, 0) is 6.42 Å². The summed E-state index contributed by atoms with van der Waals surface area (Å²) in [6, 6.07) is 11.9. The molecule has 0 saturated heterocycles. The lowest BCUT2D eigenvalue weighted by Gasteiger charge is -2.38. The summed E-state index contributed by atoms with van der Waals surface area (Å²) in [4.78, 5) is 0. The van der Waals surface area contributed by atoms with E-state index in [4.69, 9.17) is 0 Å². The fourth-order valence-corrected chi connectivity index (χ4v) is 3.40. The Hall–Kier alpha value is -0.820. The molecule has 1 nitrogen and oxygen atoms in total. The fourth-order valence-electron chi connectivity index (χ4n) is 3.40. The summed E-state index contributed by atoms with van der Waals surface area (Å²) in [6.45, 7) is 1.24. The van der Waals surface area contributed by atoms with E-state index < -0.39 is 0 Å². The zero-order chi connectivity index (χ0) is 12.3. The van der Waals surface area contributed by atoms with Crippen molar-refractivity contribution >= 4 is 0 Å². The lowest BCUT2D eigenvalue weighted by molar-refractivity contribution is 0.180.